The molecule has 11 rings (SSSR count). The van der Waals surface area contributed by atoms with Crippen LogP contribution < -0.4 is 20.7 Å². The lowest BCUT2D eigenvalue weighted by Crippen LogP contribution is -2.60. The van der Waals surface area contributed by atoms with Gasteiger partial charge in [0.1, 0.15) is 46.1 Å². The van der Waals surface area contributed by atoms with Gasteiger partial charge in [-0.2, -0.15) is 10.4 Å². The van der Waals surface area contributed by atoms with Crippen LogP contribution in [0.1, 0.15) is 168 Å². The Kier molecular flexibility index (Phi) is 18.3. The molecule has 2 saturated heterocycles. The molecule has 462 valence electrons. The maximum absolute atomic E-state index is 15.6. The van der Waals surface area contributed by atoms with Crippen molar-refractivity contribution in [3.8, 4) is 22.9 Å². The second-order valence-electron chi connectivity index (χ2n) is 25.5. The number of amides is 4. The molecule has 0 spiro atoms. The van der Waals surface area contributed by atoms with E-state index in [-0.39, 0.29) is 55.0 Å². The van der Waals surface area contributed by atoms with Crippen LogP contribution in [-0.4, -0.2) is 117 Å². The zero-order valence-electron chi connectivity index (χ0n) is 51.6. The van der Waals surface area contributed by atoms with Crippen LogP contribution in [0.15, 0.2) is 102 Å². The monoisotopic (exact) mass is 1230 g/mol. The second kappa shape index (κ2) is 25.9. The van der Waals surface area contributed by atoms with Crippen LogP contribution in [-0.2, 0) is 34.4 Å². The molecule has 19 heteroatoms. The number of hydrogen-bond acceptors (Lipinski definition) is 11. The molecule has 3 N–H and O–H groups in total. The normalized spacial score (nSPS) is 20.4. The topological polar surface area (TPSA) is 182 Å². The number of unbranched alkanes of at least 4 members (excludes halogenated alkanes) is 5. The summed E-state index contributed by atoms with van der Waals surface area (Å²) < 4.78 is 23.0. The lowest BCUT2D eigenvalue weighted by Gasteiger charge is -2.47. The van der Waals surface area contributed by atoms with E-state index in [0.717, 1.165) is 106 Å². The van der Waals surface area contributed by atoms with Gasteiger partial charge in [0.05, 0.1) is 42.7 Å². The third kappa shape index (κ3) is 12.5. The van der Waals surface area contributed by atoms with Crippen LogP contribution in [0, 0.1) is 17.1 Å². The van der Waals surface area contributed by atoms with Gasteiger partial charge in [0.2, 0.25) is 5.91 Å². The molecule has 6 heterocycles. The van der Waals surface area contributed by atoms with Gasteiger partial charge < -0.3 is 30.5 Å². The van der Waals surface area contributed by atoms with Gasteiger partial charge in [0.25, 0.3) is 5.91 Å². The number of hydrogen-bond donors (Lipinski definition) is 2. The molecule has 2 aromatic heterocycles. The van der Waals surface area contributed by atoms with E-state index in [0.29, 0.717) is 99.4 Å². The maximum atomic E-state index is 15.6. The lowest BCUT2D eigenvalue weighted by molar-refractivity contribution is -0.121. The van der Waals surface area contributed by atoms with E-state index in [9.17, 15) is 19.2 Å². The Bertz CT molecular complexity index is 3640. The molecule has 3 atom stereocenters. The first-order valence-electron chi connectivity index (χ1n) is 31.4. The van der Waals surface area contributed by atoms with Crippen molar-refractivity contribution in [1.82, 2.24) is 39.7 Å². The molecule has 88 heavy (non-hydrogen) atoms. The highest BCUT2D eigenvalue weighted by Gasteiger charge is 2.60. The summed E-state index contributed by atoms with van der Waals surface area (Å²) in [7, 11) is 0. The van der Waals surface area contributed by atoms with Gasteiger partial charge in [0, 0.05) is 84.7 Å². The number of pyridine rings is 1. The molecule has 6 aromatic rings. The van der Waals surface area contributed by atoms with Crippen LogP contribution in [0.2, 0.25) is 10.0 Å². The highest BCUT2D eigenvalue weighted by Crippen LogP contribution is 2.54. The van der Waals surface area contributed by atoms with Crippen molar-refractivity contribution in [2.45, 2.75) is 154 Å². The second-order valence-corrected chi connectivity index (χ2v) is 26.4. The molecule has 1 saturated carbocycles. The molecule has 16 nitrogen and oxygen atoms in total. The minimum atomic E-state index is -1.01. The molecule has 4 aliphatic heterocycles. The van der Waals surface area contributed by atoms with E-state index in [1.165, 1.54) is 12.1 Å². The number of aromatic nitrogens is 3. The van der Waals surface area contributed by atoms with Crippen LogP contribution in [0.5, 0.6) is 5.75 Å². The van der Waals surface area contributed by atoms with E-state index in [4.69, 9.17) is 43.8 Å². The lowest BCUT2D eigenvalue weighted by atomic mass is 9.71. The first kappa shape index (κ1) is 62.1. The number of urea groups is 1. The van der Waals surface area contributed by atoms with Gasteiger partial charge in [-0.15, -0.1) is 0 Å². The number of amidine groups is 1. The summed E-state index contributed by atoms with van der Waals surface area (Å²) in [6, 6.07) is 30.1. The summed E-state index contributed by atoms with van der Waals surface area (Å²) in [5, 5.41) is 19.9. The van der Waals surface area contributed by atoms with Crippen molar-refractivity contribution in [2.75, 3.05) is 63.1 Å². The highest BCUT2D eigenvalue weighted by molar-refractivity contribution is 6.30. The first-order chi connectivity index (χ1) is 42.3. The van der Waals surface area contributed by atoms with Crippen LogP contribution in [0.25, 0.3) is 11.1 Å². The van der Waals surface area contributed by atoms with Crippen molar-refractivity contribution in [3.05, 3.63) is 158 Å². The number of carbonyl (C=O) groups is 3. The number of carbonyl (C=O) groups excluding carboxylic acids is 3. The summed E-state index contributed by atoms with van der Waals surface area (Å²) in [6.45, 7) is 18.0. The third-order valence-corrected chi connectivity index (χ3v) is 19.3. The van der Waals surface area contributed by atoms with Gasteiger partial charge in [-0.3, -0.25) is 29.1 Å². The average Bonchev–Trinajstić information content (AvgIpc) is 1.72. The van der Waals surface area contributed by atoms with Crippen molar-refractivity contribution in [1.29, 1.82) is 5.26 Å². The largest absolute Gasteiger partial charge is 0.493 e. The number of nitrogens with one attached hydrogen (secondary N) is 1. The zero-order valence-corrected chi connectivity index (χ0v) is 53.1. The summed E-state index contributed by atoms with van der Waals surface area (Å²) in [4.78, 5) is 63.9. The highest BCUT2D eigenvalue weighted by atomic mass is 35.5. The zero-order chi connectivity index (χ0) is 62.1. The molecule has 0 unspecified atom stereocenters. The van der Waals surface area contributed by atoms with Gasteiger partial charge in [0.15, 0.2) is 0 Å². The number of nitrogen functional groups attached to an aromatic ring is 1. The quantitative estimate of drug-likeness (QED) is 0.0786. The van der Waals surface area contributed by atoms with E-state index < -0.39 is 16.9 Å². The number of rotatable bonds is 18. The van der Waals surface area contributed by atoms with Gasteiger partial charge in [-0.25, -0.2) is 14.2 Å². The number of halogens is 3. The fraction of sp³-hybridized carbons (Fsp3) is 0.464. The summed E-state index contributed by atoms with van der Waals surface area (Å²) in [5.74, 6) is 0.883. The Hall–Kier alpha value is -7.52. The molecular formula is C69H81Cl2FN12O4. The van der Waals surface area contributed by atoms with E-state index in [1.54, 1.807) is 16.9 Å². The number of piperazine rings is 1. The number of aliphatic imine (C=N–C) groups is 1. The van der Waals surface area contributed by atoms with Crippen LogP contribution >= 0.6 is 23.2 Å². The summed E-state index contributed by atoms with van der Waals surface area (Å²) >= 11 is 13.0. The number of nitrogens with zero attached hydrogens (tertiary/aromatic N) is 10. The Morgan fingerprint density at radius 1 is 0.830 bits per heavy atom. The number of benzene rings is 4. The van der Waals surface area contributed by atoms with E-state index in [2.05, 4.69) is 79.0 Å². The molecular weight excluding hydrogens is 1150 g/mol. The Morgan fingerprint density at radius 2 is 1.51 bits per heavy atom. The molecule has 4 amide bonds. The fourth-order valence-corrected chi connectivity index (χ4v) is 13.8. The fourth-order valence-electron chi connectivity index (χ4n) is 13.5. The van der Waals surface area contributed by atoms with Gasteiger partial charge >= 0.3 is 6.03 Å². The Morgan fingerprint density at radius 3 is 2.19 bits per heavy atom. The predicted octanol–water partition coefficient (Wildman–Crippen LogP) is 13.2. The minimum Gasteiger partial charge on any atom is -0.493 e. The third-order valence-electron chi connectivity index (χ3n) is 18.8. The standard InChI is InChI=1S/C69H81Cl2FN12O4/c1-7-88-60-40-48(67(2,3)4)21-29-54(60)64-77-68(5,46-17-22-49(70)23-18-46)69(6,47-19-24-50(71)25-20-47)84(64)66(87)80-37-35-79(36-38-80)32-13-11-9-8-10-12-16-61(85)75-31-34-83-59(42-73)62-45-39-58(63(74)76-43-45)81-33-14-15-57(81)55-41-51(72)26-30-53(55)65(86)82(52-27-28-52)44-56(62)78-83/h17-26,29-30,39-41,43,52,57H,7-16,27-28,31-38,44H2,1-6H3,(H2,74,76)(H,75,85)/t57-,68+,69-/m1/s1. The average molecular weight is 1230 g/mol. The van der Waals surface area contributed by atoms with E-state index in [1.807, 2.05) is 76.2 Å². The van der Waals surface area contributed by atoms with Gasteiger partial charge in [-0.1, -0.05) is 100.0 Å². The van der Waals surface area contributed by atoms with Crippen molar-refractivity contribution in [3.63, 3.8) is 0 Å². The Labute approximate surface area is 526 Å². The minimum absolute atomic E-state index is 0.00396. The summed E-state index contributed by atoms with van der Waals surface area (Å²) in [6.07, 6.45) is 11.2. The number of nitriles is 1. The molecule has 3 fully saturated rings. The van der Waals surface area contributed by atoms with Crippen LogP contribution in [0.3, 0.4) is 0 Å². The SMILES string of the molecule is CCOc1cc(C(C)(C)C)ccc1C1=N[C@@](C)(c2ccc(Cl)cc2)[C@@](C)(c2ccc(Cl)cc2)N1C(=O)N1CCN(CCCCCCCCC(=O)NCCn2nc3c(c2C#N)-c2cnc(N)c(c2)N2CCC[C@@H]2c2cc(F)ccc2C(=O)N(C2CC2)C3)CC1. The number of nitrogens with two attached hydrogens (primary N) is 1. The van der Waals surface area contributed by atoms with Crippen LogP contribution in [0.4, 0.5) is 20.7 Å². The van der Waals surface area contributed by atoms with Crippen molar-refractivity contribution < 1.29 is 23.5 Å². The molecule has 5 aliphatic rings. The number of fused-ring (bicyclic) bond motifs is 8. The van der Waals surface area contributed by atoms with Gasteiger partial charge in [-0.05, 0) is 154 Å². The molecule has 1 aliphatic carbocycles. The number of anilines is 2. The number of ether oxygens (including phenoxy) is 1. The maximum Gasteiger partial charge on any atom is 0.326 e. The first-order valence-corrected chi connectivity index (χ1v) is 32.2. The molecule has 0 radical (unpaired) electrons. The smallest absolute Gasteiger partial charge is 0.326 e. The van der Waals surface area contributed by atoms with E-state index >= 15 is 4.79 Å². The molecule has 2 bridgehead atoms. The predicted molar refractivity (Wildman–Crippen MR) is 344 cm³/mol. The van der Waals surface area contributed by atoms with Crippen molar-refractivity contribution >= 4 is 58.4 Å². The summed E-state index contributed by atoms with van der Waals surface area (Å²) in [5.41, 5.74) is 12.0. The Balaban J connectivity index is 0.680. The molecule has 4 aromatic carbocycles. The van der Waals surface area contributed by atoms with Crippen molar-refractivity contribution in [2.24, 2.45) is 4.99 Å².